The van der Waals surface area contributed by atoms with Gasteiger partial charge in [0.25, 0.3) is 0 Å². The summed E-state index contributed by atoms with van der Waals surface area (Å²) in [6, 6.07) is 16.1. The Hall–Kier alpha value is -2.07. The van der Waals surface area contributed by atoms with Crippen LogP contribution in [0.25, 0.3) is 22.5 Å². The van der Waals surface area contributed by atoms with Crippen LogP contribution in [0.5, 0.6) is 0 Å². The number of aryl methyl sites for hydroxylation is 1. The molecular weight excluding hydrogens is 328 g/mol. The third kappa shape index (κ3) is 2.47. The molecule has 0 aliphatic rings. The minimum Gasteiger partial charge on any atom is -0.380 e. The van der Waals surface area contributed by atoms with Gasteiger partial charge in [-0.3, -0.25) is 0 Å². The van der Waals surface area contributed by atoms with Crippen molar-refractivity contribution in [2.45, 2.75) is 13.3 Å². The van der Waals surface area contributed by atoms with Crippen molar-refractivity contribution in [2.75, 3.05) is 5.73 Å². The lowest BCUT2D eigenvalue weighted by atomic mass is 9.97. The lowest BCUT2D eigenvalue weighted by Crippen LogP contribution is -1.91. The lowest BCUT2D eigenvalue weighted by molar-refractivity contribution is 0.435. The Morgan fingerprint density at radius 1 is 1.05 bits per heavy atom. The fourth-order valence-electron chi connectivity index (χ4n) is 2.46. The minimum atomic E-state index is 0.405. The highest BCUT2D eigenvalue weighted by Crippen LogP contribution is 2.40. The van der Waals surface area contributed by atoms with Crippen molar-refractivity contribution in [1.82, 2.24) is 5.16 Å². The molecule has 2 aromatic carbocycles. The van der Waals surface area contributed by atoms with Crippen LogP contribution in [0.15, 0.2) is 57.5 Å². The molecule has 4 heteroatoms. The van der Waals surface area contributed by atoms with E-state index in [4.69, 9.17) is 10.3 Å². The van der Waals surface area contributed by atoms with Gasteiger partial charge < -0.3 is 10.3 Å². The number of anilines is 1. The fourth-order valence-corrected chi connectivity index (χ4v) is 2.94. The number of benzene rings is 2. The van der Waals surface area contributed by atoms with Crippen LogP contribution >= 0.6 is 15.9 Å². The molecule has 3 nitrogen and oxygen atoms in total. The first kappa shape index (κ1) is 13.9. The largest absolute Gasteiger partial charge is 0.380 e. The summed E-state index contributed by atoms with van der Waals surface area (Å²) >= 11 is 3.57. The molecule has 3 aromatic rings. The van der Waals surface area contributed by atoms with E-state index in [0.717, 1.165) is 33.3 Å². The molecule has 0 bridgehead atoms. The molecule has 2 N–H and O–H groups in total. The van der Waals surface area contributed by atoms with Gasteiger partial charge in [0.15, 0.2) is 11.6 Å². The van der Waals surface area contributed by atoms with Crippen LogP contribution in [0.1, 0.15) is 12.5 Å². The predicted molar refractivity (Wildman–Crippen MR) is 88.9 cm³/mol. The van der Waals surface area contributed by atoms with Crippen molar-refractivity contribution in [3.8, 4) is 22.5 Å². The zero-order valence-electron chi connectivity index (χ0n) is 11.6. The monoisotopic (exact) mass is 342 g/mol. The summed E-state index contributed by atoms with van der Waals surface area (Å²) in [4.78, 5) is 0. The van der Waals surface area contributed by atoms with Gasteiger partial charge in [0.2, 0.25) is 0 Å². The zero-order chi connectivity index (χ0) is 14.8. The molecule has 0 aliphatic carbocycles. The van der Waals surface area contributed by atoms with Crippen LogP contribution in [0, 0.1) is 0 Å². The second-order valence-electron chi connectivity index (χ2n) is 4.76. The maximum atomic E-state index is 6.05. The smallest absolute Gasteiger partial charge is 0.177 e. The van der Waals surface area contributed by atoms with Crippen LogP contribution in [0.3, 0.4) is 0 Å². The van der Waals surface area contributed by atoms with E-state index in [0.29, 0.717) is 5.82 Å². The molecule has 0 spiro atoms. The van der Waals surface area contributed by atoms with Gasteiger partial charge in [0.05, 0.1) is 5.56 Å². The average molecular weight is 343 g/mol. The summed E-state index contributed by atoms with van der Waals surface area (Å²) in [6.07, 6.45) is 0.923. The highest BCUT2D eigenvalue weighted by molar-refractivity contribution is 9.10. The van der Waals surface area contributed by atoms with Gasteiger partial charge in [-0.25, -0.2) is 0 Å². The third-order valence-electron chi connectivity index (χ3n) is 3.50. The molecule has 106 valence electrons. The Morgan fingerprint density at radius 3 is 2.43 bits per heavy atom. The second kappa shape index (κ2) is 5.74. The van der Waals surface area contributed by atoms with Crippen molar-refractivity contribution in [2.24, 2.45) is 0 Å². The number of aromatic nitrogens is 1. The zero-order valence-corrected chi connectivity index (χ0v) is 13.2. The van der Waals surface area contributed by atoms with Crippen LogP contribution in [0.2, 0.25) is 0 Å². The van der Waals surface area contributed by atoms with E-state index in [2.05, 4.69) is 34.1 Å². The second-order valence-corrected chi connectivity index (χ2v) is 5.62. The summed E-state index contributed by atoms with van der Waals surface area (Å²) in [5.74, 6) is 1.12. The van der Waals surface area contributed by atoms with Crippen molar-refractivity contribution in [3.05, 3.63) is 58.6 Å². The Kier molecular flexibility index (Phi) is 3.80. The van der Waals surface area contributed by atoms with E-state index in [9.17, 15) is 0 Å². The molecule has 0 aliphatic heterocycles. The Labute approximate surface area is 131 Å². The topological polar surface area (TPSA) is 52.0 Å². The summed E-state index contributed by atoms with van der Waals surface area (Å²) in [7, 11) is 0. The lowest BCUT2D eigenvalue weighted by Gasteiger charge is -2.08. The normalized spacial score (nSPS) is 10.8. The van der Waals surface area contributed by atoms with Gasteiger partial charge in [0, 0.05) is 15.6 Å². The number of nitrogens with zero attached hydrogens (tertiary/aromatic N) is 1. The maximum absolute atomic E-state index is 6.05. The van der Waals surface area contributed by atoms with E-state index in [-0.39, 0.29) is 0 Å². The van der Waals surface area contributed by atoms with Gasteiger partial charge in [0.1, 0.15) is 0 Å². The molecule has 0 radical (unpaired) electrons. The summed E-state index contributed by atoms with van der Waals surface area (Å²) < 4.78 is 6.51. The molecule has 1 heterocycles. The van der Waals surface area contributed by atoms with Crippen LogP contribution in [-0.4, -0.2) is 5.16 Å². The fraction of sp³-hybridized carbons (Fsp3) is 0.118. The molecule has 1 aromatic heterocycles. The van der Waals surface area contributed by atoms with E-state index in [1.54, 1.807) is 0 Å². The highest BCUT2D eigenvalue weighted by atomic mass is 79.9. The molecule has 0 atom stereocenters. The molecular formula is C17H15BrN2O. The Bertz CT molecular complexity index is 780. The van der Waals surface area contributed by atoms with Crippen LogP contribution < -0.4 is 5.73 Å². The van der Waals surface area contributed by atoms with Gasteiger partial charge in [-0.1, -0.05) is 70.5 Å². The number of nitrogen functional groups attached to an aromatic ring is 1. The quantitative estimate of drug-likeness (QED) is 0.735. The van der Waals surface area contributed by atoms with Gasteiger partial charge >= 0.3 is 0 Å². The third-order valence-corrected chi connectivity index (χ3v) is 4.20. The van der Waals surface area contributed by atoms with E-state index >= 15 is 0 Å². The molecule has 21 heavy (non-hydrogen) atoms. The summed E-state index contributed by atoms with van der Waals surface area (Å²) in [6.45, 7) is 2.12. The van der Waals surface area contributed by atoms with E-state index < -0.39 is 0 Å². The van der Waals surface area contributed by atoms with E-state index in [1.165, 1.54) is 5.56 Å². The average Bonchev–Trinajstić information content (AvgIpc) is 2.89. The predicted octanol–water partition coefficient (Wildman–Crippen LogP) is 4.92. The van der Waals surface area contributed by atoms with Crippen molar-refractivity contribution < 1.29 is 4.52 Å². The SMILES string of the molecule is CCc1ccccc1-c1onc(N)c1-c1ccccc1Br. The number of halogens is 1. The molecule has 0 fully saturated rings. The van der Waals surface area contributed by atoms with Gasteiger partial charge in [-0.05, 0) is 18.1 Å². The van der Waals surface area contributed by atoms with Gasteiger partial charge in [-0.2, -0.15) is 0 Å². The highest BCUT2D eigenvalue weighted by Gasteiger charge is 2.20. The van der Waals surface area contributed by atoms with Crippen molar-refractivity contribution >= 4 is 21.7 Å². The Morgan fingerprint density at radius 2 is 1.71 bits per heavy atom. The molecule has 0 saturated carbocycles. The molecule has 0 saturated heterocycles. The van der Waals surface area contributed by atoms with Gasteiger partial charge in [-0.15, -0.1) is 0 Å². The van der Waals surface area contributed by atoms with Crippen LogP contribution in [-0.2, 0) is 6.42 Å². The number of nitrogens with two attached hydrogens (primary N) is 1. The molecule has 0 unspecified atom stereocenters. The Balaban J connectivity index is 2.25. The van der Waals surface area contributed by atoms with Crippen LogP contribution in [0.4, 0.5) is 5.82 Å². The number of rotatable bonds is 3. The first-order chi connectivity index (χ1) is 10.2. The molecule has 3 rings (SSSR count). The van der Waals surface area contributed by atoms with Crippen molar-refractivity contribution in [3.63, 3.8) is 0 Å². The number of hydrogen-bond acceptors (Lipinski definition) is 3. The van der Waals surface area contributed by atoms with E-state index in [1.807, 2.05) is 42.5 Å². The summed E-state index contributed by atoms with van der Waals surface area (Å²) in [5, 5.41) is 3.97. The maximum Gasteiger partial charge on any atom is 0.177 e. The first-order valence-corrected chi connectivity index (χ1v) is 7.60. The summed E-state index contributed by atoms with van der Waals surface area (Å²) in [5.41, 5.74) is 10.1. The molecule has 0 amide bonds. The van der Waals surface area contributed by atoms with Crippen molar-refractivity contribution in [1.29, 1.82) is 0 Å². The standard InChI is InChI=1S/C17H15BrN2O/c1-2-11-7-3-4-8-12(11)16-15(17(19)20-21-16)13-9-5-6-10-14(13)18/h3-10H,2H2,1H3,(H2,19,20). The number of hydrogen-bond donors (Lipinski definition) is 1. The first-order valence-electron chi connectivity index (χ1n) is 6.80. The minimum absolute atomic E-state index is 0.405.